The number of rotatable bonds is 8. The van der Waals surface area contributed by atoms with Gasteiger partial charge in [0, 0.05) is 0 Å². The molecule has 0 N–H and O–H groups in total. The van der Waals surface area contributed by atoms with Crippen LogP contribution in [0.25, 0.3) is 0 Å². The first-order chi connectivity index (χ1) is 10.8. The third-order valence-corrected chi connectivity index (χ3v) is 5.76. The molecule has 0 aromatic rings. The van der Waals surface area contributed by atoms with Crippen molar-refractivity contribution in [2.75, 3.05) is 6.61 Å². The van der Waals surface area contributed by atoms with Crippen LogP contribution < -0.4 is 0 Å². The predicted octanol–water partition coefficient (Wildman–Crippen LogP) is 6.30. The molecule has 0 aromatic carbocycles. The molecule has 2 aliphatic rings. The number of ether oxygens (including phenoxy) is 1. The molecule has 0 heterocycles. The summed E-state index contributed by atoms with van der Waals surface area (Å²) in [5.41, 5.74) is 0. The zero-order valence-electron chi connectivity index (χ0n) is 14.6. The minimum absolute atomic E-state index is 0.509. The van der Waals surface area contributed by atoms with E-state index in [-0.39, 0.29) is 0 Å². The zero-order chi connectivity index (χ0) is 15.6. The van der Waals surface area contributed by atoms with Gasteiger partial charge < -0.3 is 4.74 Å². The SMILES string of the molecule is C=CCOC1CCC(CCC2CCC(C=CCC)CC2)CC1. The van der Waals surface area contributed by atoms with E-state index in [2.05, 4.69) is 25.7 Å². The standard InChI is InChI=1S/C21H36O/c1-3-5-6-18-7-9-19(10-8-18)11-12-20-13-15-21(16-14-20)22-17-4-2/h4-6,18-21H,2-3,7-17H2,1H3. The van der Waals surface area contributed by atoms with E-state index in [0.717, 1.165) is 24.4 Å². The molecule has 2 aliphatic carbocycles. The van der Waals surface area contributed by atoms with Crippen LogP contribution in [0.2, 0.25) is 0 Å². The van der Waals surface area contributed by atoms with Crippen LogP contribution in [0.15, 0.2) is 24.8 Å². The Bertz CT molecular complexity index is 317. The highest BCUT2D eigenvalue weighted by molar-refractivity contribution is 4.90. The number of hydrogen-bond donors (Lipinski definition) is 0. The van der Waals surface area contributed by atoms with Gasteiger partial charge in [-0.2, -0.15) is 0 Å². The maximum absolute atomic E-state index is 5.79. The second-order valence-corrected chi connectivity index (χ2v) is 7.46. The van der Waals surface area contributed by atoms with Gasteiger partial charge in [0.1, 0.15) is 0 Å². The van der Waals surface area contributed by atoms with Crippen molar-refractivity contribution in [1.82, 2.24) is 0 Å². The van der Waals surface area contributed by atoms with Gasteiger partial charge in [-0.25, -0.2) is 0 Å². The Balaban J connectivity index is 1.56. The lowest BCUT2D eigenvalue weighted by Gasteiger charge is -2.31. The average Bonchev–Trinajstić information content (AvgIpc) is 2.58. The van der Waals surface area contributed by atoms with E-state index in [1.54, 1.807) is 0 Å². The first kappa shape index (κ1) is 17.8. The van der Waals surface area contributed by atoms with Crippen LogP contribution in [-0.2, 0) is 4.74 Å². The van der Waals surface area contributed by atoms with Crippen molar-refractivity contribution in [3.63, 3.8) is 0 Å². The summed E-state index contributed by atoms with van der Waals surface area (Å²) in [7, 11) is 0. The number of hydrogen-bond acceptors (Lipinski definition) is 1. The first-order valence-corrected chi connectivity index (χ1v) is 9.71. The molecule has 2 rings (SSSR count). The average molecular weight is 305 g/mol. The van der Waals surface area contributed by atoms with E-state index in [9.17, 15) is 0 Å². The summed E-state index contributed by atoms with van der Waals surface area (Å²) in [6, 6.07) is 0. The lowest BCUT2D eigenvalue weighted by molar-refractivity contribution is 0.0327. The Hall–Kier alpha value is -0.560. The van der Waals surface area contributed by atoms with Gasteiger partial charge in [0.2, 0.25) is 0 Å². The van der Waals surface area contributed by atoms with Gasteiger partial charge in [0.15, 0.2) is 0 Å². The lowest BCUT2D eigenvalue weighted by atomic mass is 9.77. The third-order valence-electron chi connectivity index (χ3n) is 5.76. The summed E-state index contributed by atoms with van der Waals surface area (Å²) >= 11 is 0. The van der Waals surface area contributed by atoms with Crippen molar-refractivity contribution in [1.29, 1.82) is 0 Å². The normalized spacial score (nSPS) is 33.1. The van der Waals surface area contributed by atoms with Gasteiger partial charge in [-0.15, -0.1) is 6.58 Å². The summed E-state index contributed by atoms with van der Waals surface area (Å²) < 4.78 is 5.79. The molecule has 0 unspecified atom stereocenters. The fourth-order valence-electron chi connectivity index (χ4n) is 4.26. The second-order valence-electron chi connectivity index (χ2n) is 7.46. The van der Waals surface area contributed by atoms with E-state index in [4.69, 9.17) is 4.74 Å². The predicted molar refractivity (Wildman–Crippen MR) is 96.0 cm³/mol. The Kier molecular flexibility index (Phi) is 8.30. The molecule has 0 amide bonds. The van der Waals surface area contributed by atoms with Gasteiger partial charge in [-0.1, -0.05) is 38.0 Å². The van der Waals surface area contributed by atoms with Crippen LogP contribution in [-0.4, -0.2) is 12.7 Å². The summed E-state index contributed by atoms with van der Waals surface area (Å²) in [4.78, 5) is 0. The maximum Gasteiger partial charge on any atom is 0.0648 e. The summed E-state index contributed by atoms with van der Waals surface area (Å²) in [6.07, 6.45) is 22.5. The minimum Gasteiger partial charge on any atom is -0.374 e. The highest BCUT2D eigenvalue weighted by atomic mass is 16.5. The van der Waals surface area contributed by atoms with Crippen LogP contribution >= 0.6 is 0 Å². The largest absolute Gasteiger partial charge is 0.374 e. The molecule has 1 nitrogen and oxygen atoms in total. The van der Waals surface area contributed by atoms with Crippen molar-refractivity contribution in [2.45, 2.75) is 83.7 Å². The molecule has 2 saturated carbocycles. The molecule has 0 saturated heterocycles. The molecule has 0 aliphatic heterocycles. The molecule has 0 spiro atoms. The highest BCUT2D eigenvalue weighted by Gasteiger charge is 2.24. The second kappa shape index (κ2) is 10.3. The van der Waals surface area contributed by atoms with Crippen LogP contribution in [0.5, 0.6) is 0 Å². The van der Waals surface area contributed by atoms with E-state index in [0.29, 0.717) is 6.10 Å². The molecule has 0 atom stereocenters. The Morgan fingerprint density at radius 1 is 0.909 bits per heavy atom. The molecule has 22 heavy (non-hydrogen) atoms. The fraction of sp³-hybridized carbons (Fsp3) is 0.810. The van der Waals surface area contributed by atoms with Crippen molar-refractivity contribution in [2.24, 2.45) is 17.8 Å². The van der Waals surface area contributed by atoms with Crippen LogP contribution in [0, 0.1) is 17.8 Å². The van der Waals surface area contributed by atoms with Gasteiger partial charge in [0.25, 0.3) is 0 Å². The summed E-state index contributed by atoms with van der Waals surface area (Å²) in [5, 5.41) is 0. The van der Waals surface area contributed by atoms with Crippen molar-refractivity contribution in [3.05, 3.63) is 24.8 Å². The van der Waals surface area contributed by atoms with Crippen molar-refractivity contribution < 1.29 is 4.74 Å². The van der Waals surface area contributed by atoms with Gasteiger partial charge in [-0.3, -0.25) is 0 Å². The van der Waals surface area contributed by atoms with Gasteiger partial charge in [0.05, 0.1) is 12.7 Å². The van der Waals surface area contributed by atoms with Crippen LogP contribution in [0.4, 0.5) is 0 Å². The van der Waals surface area contributed by atoms with E-state index < -0.39 is 0 Å². The van der Waals surface area contributed by atoms with Crippen molar-refractivity contribution >= 4 is 0 Å². The first-order valence-electron chi connectivity index (χ1n) is 9.71. The van der Waals surface area contributed by atoms with Gasteiger partial charge in [-0.05, 0) is 75.5 Å². The van der Waals surface area contributed by atoms with Crippen molar-refractivity contribution in [3.8, 4) is 0 Å². The molecular weight excluding hydrogens is 268 g/mol. The van der Waals surface area contributed by atoms with E-state index in [1.807, 2.05) is 6.08 Å². The Morgan fingerprint density at radius 2 is 1.50 bits per heavy atom. The summed E-state index contributed by atoms with van der Waals surface area (Å²) in [6.45, 7) is 6.70. The molecule has 0 radical (unpaired) electrons. The Morgan fingerprint density at radius 3 is 2.05 bits per heavy atom. The fourth-order valence-corrected chi connectivity index (χ4v) is 4.26. The Labute approximate surface area is 138 Å². The topological polar surface area (TPSA) is 9.23 Å². The van der Waals surface area contributed by atoms with E-state index >= 15 is 0 Å². The van der Waals surface area contributed by atoms with Crippen LogP contribution in [0.1, 0.15) is 77.6 Å². The van der Waals surface area contributed by atoms with E-state index in [1.165, 1.54) is 70.6 Å². The zero-order valence-corrected chi connectivity index (χ0v) is 14.6. The molecular formula is C21H36O. The smallest absolute Gasteiger partial charge is 0.0648 e. The summed E-state index contributed by atoms with van der Waals surface area (Å²) in [5.74, 6) is 2.87. The number of allylic oxidation sites excluding steroid dienone is 2. The lowest BCUT2D eigenvalue weighted by Crippen LogP contribution is -2.22. The molecule has 1 heteroatoms. The van der Waals surface area contributed by atoms with Gasteiger partial charge >= 0.3 is 0 Å². The van der Waals surface area contributed by atoms with Crippen LogP contribution in [0.3, 0.4) is 0 Å². The highest BCUT2D eigenvalue weighted by Crippen LogP contribution is 2.36. The third kappa shape index (κ3) is 6.28. The molecule has 0 bridgehead atoms. The quantitative estimate of drug-likeness (QED) is 0.478. The molecule has 0 aromatic heterocycles. The maximum atomic E-state index is 5.79. The molecule has 126 valence electrons. The minimum atomic E-state index is 0.509. The molecule has 2 fully saturated rings. The monoisotopic (exact) mass is 304 g/mol.